The lowest BCUT2D eigenvalue weighted by molar-refractivity contribution is 0.923. The van der Waals surface area contributed by atoms with Gasteiger partial charge in [0.15, 0.2) is 0 Å². The van der Waals surface area contributed by atoms with E-state index in [1.165, 1.54) is 17.3 Å². The van der Waals surface area contributed by atoms with Crippen LogP contribution in [-0.2, 0) is 6.42 Å². The molecule has 1 fully saturated rings. The largest absolute Gasteiger partial charge is 0.369 e. The van der Waals surface area contributed by atoms with Crippen molar-refractivity contribution < 1.29 is 0 Å². The Labute approximate surface area is 116 Å². The van der Waals surface area contributed by atoms with E-state index in [1.54, 1.807) is 6.07 Å². The Kier molecular flexibility index (Phi) is 5.25. The van der Waals surface area contributed by atoms with E-state index < -0.39 is 0 Å². The zero-order chi connectivity index (χ0) is 12.1. The Morgan fingerprint density at radius 1 is 1.47 bits per heavy atom. The molecule has 1 aliphatic heterocycles. The van der Waals surface area contributed by atoms with Crippen molar-refractivity contribution in [3.8, 4) is 0 Å². The summed E-state index contributed by atoms with van der Waals surface area (Å²) in [5.74, 6) is 5.39. The molecule has 2 heterocycles. The fourth-order valence-corrected chi connectivity index (χ4v) is 4.40. The van der Waals surface area contributed by atoms with Gasteiger partial charge in [0.05, 0.1) is 0 Å². The summed E-state index contributed by atoms with van der Waals surface area (Å²) in [4.78, 5) is 8.57. The Morgan fingerprint density at radius 3 is 3.06 bits per heavy atom. The first-order chi connectivity index (χ1) is 8.28. The van der Waals surface area contributed by atoms with E-state index in [1.807, 2.05) is 30.4 Å². The van der Waals surface area contributed by atoms with E-state index in [0.29, 0.717) is 10.4 Å². The smallest absolute Gasteiger partial charge is 0.134 e. The van der Waals surface area contributed by atoms with Crippen molar-refractivity contribution in [3.05, 3.63) is 17.0 Å². The van der Waals surface area contributed by atoms with Crippen LogP contribution in [0.5, 0.6) is 0 Å². The molecule has 1 aromatic heterocycles. The molecule has 1 aromatic rings. The van der Waals surface area contributed by atoms with Crippen molar-refractivity contribution in [1.82, 2.24) is 9.97 Å². The van der Waals surface area contributed by atoms with Crippen LogP contribution in [0.25, 0.3) is 0 Å². The molecule has 0 bridgehead atoms. The van der Waals surface area contributed by atoms with Gasteiger partial charge in [-0.15, -0.1) is 0 Å². The van der Waals surface area contributed by atoms with Crippen molar-refractivity contribution in [1.29, 1.82) is 0 Å². The third kappa shape index (κ3) is 4.23. The number of thioether (sulfide) groups is 2. The highest BCUT2D eigenvalue weighted by Gasteiger charge is 2.14. The highest BCUT2D eigenvalue weighted by atomic mass is 35.5. The van der Waals surface area contributed by atoms with Gasteiger partial charge in [-0.2, -0.15) is 23.5 Å². The molecule has 0 aliphatic carbocycles. The quantitative estimate of drug-likeness (QED) is 0.863. The van der Waals surface area contributed by atoms with Gasteiger partial charge in [-0.05, 0) is 0 Å². The third-order valence-electron chi connectivity index (χ3n) is 2.45. The normalized spacial score (nSPS) is 20.2. The standard InChI is InChI=1S/C11H16ClN3S2/c1-2-10-14-9(12)5-11(15-10)13-6-8-7-16-3-4-17-8/h5,8H,2-4,6-7H2,1H3,(H,13,14,15). The van der Waals surface area contributed by atoms with Crippen molar-refractivity contribution in [2.24, 2.45) is 0 Å². The average Bonchev–Trinajstić information content (AvgIpc) is 2.37. The maximum atomic E-state index is 5.95. The van der Waals surface area contributed by atoms with E-state index in [9.17, 15) is 0 Å². The molecule has 6 heteroatoms. The van der Waals surface area contributed by atoms with Gasteiger partial charge in [0.25, 0.3) is 0 Å². The zero-order valence-corrected chi connectivity index (χ0v) is 12.2. The summed E-state index contributed by atoms with van der Waals surface area (Å²) in [7, 11) is 0. The molecule has 1 aliphatic rings. The fraction of sp³-hybridized carbons (Fsp3) is 0.636. The Balaban J connectivity index is 1.91. The Hall–Kier alpha value is -0.130. The third-order valence-corrected chi connectivity index (χ3v) is 5.49. The van der Waals surface area contributed by atoms with Gasteiger partial charge in [0.1, 0.15) is 16.8 Å². The van der Waals surface area contributed by atoms with Gasteiger partial charge < -0.3 is 5.32 Å². The minimum Gasteiger partial charge on any atom is -0.369 e. The van der Waals surface area contributed by atoms with Crippen LogP contribution in [0.15, 0.2) is 6.07 Å². The zero-order valence-electron chi connectivity index (χ0n) is 9.78. The number of aromatic nitrogens is 2. The topological polar surface area (TPSA) is 37.8 Å². The van der Waals surface area contributed by atoms with Crippen LogP contribution in [0.1, 0.15) is 12.7 Å². The van der Waals surface area contributed by atoms with Crippen LogP contribution in [0.4, 0.5) is 5.82 Å². The lowest BCUT2D eigenvalue weighted by Gasteiger charge is -2.21. The summed E-state index contributed by atoms with van der Waals surface area (Å²) in [5.41, 5.74) is 0. The molecule has 1 saturated heterocycles. The number of rotatable bonds is 4. The molecule has 94 valence electrons. The van der Waals surface area contributed by atoms with Gasteiger partial charge in [-0.25, -0.2) is 9.97 Å². The van der Waals surface area contributed by atoms with Crippen LogP contribution < -0.4 is 5.32 Å². The second-order valence-electron chi connectivity index (χ2n) is 3.79. The van der Waals surface area contributed by atoms with Gasteiger partial charge in [0, 0.05) is 41.5 Å². The monoisotopic (exact) mass is 289 g/mol. The molecule has 0 spiro atoms. The molecule has 0 amide bonds. The first kappa shape index (κ1) is 13.3. The molecule has 1 unspecified atom stereocenters. The highest BCUT2D eigenvalue weighted by Crippen LogP contribution is 2.24. The van der Waals surface area contributed by atoms with E-state index in [4.69, 9.17) is 11.6 Å². The predicted octanol–water partition coefficient (Wildman–Crippen LogP) is 2.95. The van der Waals surface area contributed by atoms with E-state index in [2.05, 4.69) is 15.3 Å². The van der Waals surface area contributed by atoms with Crippen LogP contribution in [-0.4, -0.2) is 39.0 Å². The number of nitrogens with one attached hydrogen (secondary N) is 1. The van der Waals surface area contributed by atoms with Crippen molar-refractivity contribution in [2.45, 2.75) is 18.6 Å². The average molecular weight is 290 g/mol. The molecular weight excluding hydrogens is 274 g/mol. The summed E-state index contributed by atoms with van der Waals surface area (Å²) in [6.45, 7) is 2.98. The van der Waals surface area contributed by atoms with Crippen molar-refractivity contribution in [2.75, 3.05) is 29.1 Å². The fourth-order valence-electron chi connectivity index (χ4n) is 1.59. The lowest BCUT2D eigenvalue weighted by Crippen LogP contribution is -2.23. The highest BCUT2D eigenvalue weighted by molar-refractivity contribution is 8.06. The number of aryl methyl sites for hydroxylation is 1. The number of hydrogen-bond acceptors (Lipinski definition) is 5. The first-order valence-electron chi connectivity index (χ1n) is 5.74. The minimum atomic E-state index is 0.519. The van der Waals surface area contributed by atoms with Crippen LogP contribution in [0.2, 0.25) is 5.15 Å². The summed E-state index contributed by atoms with van der Waals surface area (Å²) in [5, 5.41) is 4.55. The second kappa shape index (κ2) is 6.71. The van der Waals surface area contributed by atoms with E-state index in [0.717, 1.165) is 24.6 Å². The molecule has 17 heavy (non-hydrogen) atoms. The molecule has 1 atom stereocenters. The van der Waals surface area contributed by atoms with Gasteiger partial charge in [-0.3, -0.25) is 0 Å². The van der Waals surface area contributed by atoms with Crippen molar-refractivity contribution in [3.63, 3.8) is 0 Å². The Bertz CT molecular complexity index is 370. The van der Waals surface area contributed by atoms with Gasteiger partial charge in [0.2, 0.25) is 0 Å². The van der Waals surface area contributed by atoms with Gasteiger partial charge in [-0.1, -0.05) is 18.5 Å². The van der Waals surface area contributed by atoms with E-state index >= 15 is 0 Å². The maximum absolute atomic E-state index is 5.95. The van der Waals surface area contributed by atoms with E-state index in [-0.39, 0.29) is 0 Å². The lowest BCUT2D eigenvalue weighted by atomic mass is 10.4. The summed E-state index contributed by atoms with van der Waals surface area (Å²) < 4.78 is 0. The summed E-state index contributed by atoms with van der Waals surface area (Å²) in [6.07, 6.45) is 0.809. The van der Waals surface area contributed by atoms with Gasteiger partial charge >= 0.3 is 0 Å². The molecule has 0 radical (unpaired) electrons. The molecular formula is C11H16ClN3S2. The minimum absolute atomic E-state index is 0.519. The number of hydrogen-bond donors (Lipinski definition) is 1. The summed E-state index contributed by atoms with van der Waals surface area (Å²) in [6, 6.07) is 1.79. The molecule has 1 N–H and O–H groups in total. The maximum Gasteiger partial charge on any atom is 0.134 e. The number of nitrogens with zero attached hydrogens (tertiary/aromatic N) is 2. The van der Waals surface area contributed by atoms with Crippen LogP contribution in [0.3, 0.4) is 0 Å². The first-order valence-corrected chi connectivity index (χ1v) is 8.32. The second-order valence-corrected chi connectivity index (χ2v) is 6.74. The summed E-state index contributed by atoms with van der Waals surface area (Å²) >= 11 is 10.0. The Morgan fingerprint density at radius 2 is 2.35 bits per heavy atom. The van der Waals surface area contributed by atoms with Crippen molar-refractivity contribution >= 4 is 40.9 Å². The predicted molar refractivity (Wildman–Crippen MR) is 78.5 cm³/mol. The number of halogens is 1. The molecule has 0 aromatic carbocycles. The molecule has 0 saturated carbocycles. The molecule has 2 rings (SSSR count). The SMILES string of the molecule is CCc1nc(Cl)cc(NCC2CSCCS2)n1. The van der Waals surface area contributed by atoms with Crippen LogP contribution in [0, 0.1) is 0 Å². The molecule has 3 nitrogen and oxygen atoms in total. The number of anilines is 1. The van der Waals surface area contributed by atoms with Crippen LogP contribution >= 0.6 is 35.1 Å².